The zero-order valence-corrected chi connectivity index (χ0v) is 14.5. The number of aliphatic carboxylic acids is 1. The summed E-state index contributed by atoms with van der Waals surface area (Å²) in [5.41, 5.74) is 0. The lowest BCUT2D eigenvalue weighted by atomic mass is 10.1. The van der Waals surface area contributed by atoms with E-state index in [1.807, 2.05) is 31.2 Å². The third-order valence-corrected chi connectivity index (χ3v) is 4.95. The molecule has 0 spiro atoms. The van der Waals surface area contributed by atoms with Crippen molar-refractivity contribution in [2.75, 3.05) is 0 Å². The van der Waals surface area contributed by atoms with Crippen molar-refractivity contribution in [1.82, 2.24) is 4.57 Å². The van der Waals surface area contributed by atoms with Crippen LogP contribution in [-0.2, 0) is 4.79 Å². The van der Waals surface area contributed by atoms with E-state index in [1.165, 1.54) is 4.57 Å². The molecular formula is C16H15N3O3S2. The van der Waals surface area contributed by atoms with Gasteiger partial charge in [0.05, 0.1) is 15.6 Å². The lowest BCUT2D eigenvalue weighted by Gasteiger charge is -2.13. The molecule has 6 nitrogen and oxygen atoms in total. The van der Waals surface area contributed by atoms with Gasteiger partial charge in [0, 0.05) is 6.08 Å². The van der Waals surface area contributed by atoms with Gasteiger partial charge in [-0.1, -0.05) is 25.5 Å². The van der Waals surface area contributed by atoms with Crippen LogP contribution < -0.4 is 10.7 Å². The maximum Gasteiger partial charge on any atom is 0.326 e. The van der Waals surface area contributed by atoms with Crippen molar-refractivity contribution in [3.8, 4) is 5.88 Å². The first kappa shape index (κ1) is 16.5. The quantitative estimate of drug-likeness (QED) is 0.802. The summed E-state index contributed by atoms with van der Waals surface area (Å²) in [5.74, 6) is -0.708. The number of nitrogens with zero attached hydrogens (tertiary/aromatic N) is 3. The molecule has 0 bridgehead atoms. The molecule has 1 aromatic carbocycles. The number of hydrogen-bond acceptors (Lipinski definition) is 6. The Bertz CT molecular complexity index is 967. The largest absolute Gasteiger partial charge is 0.493 e. The maximum absolute atomic E-state index is 11.5. The van der Waals surface area contributed by atoms with Gasteiger partial charge in [0.15, 0.2) is 9.78 Å². The van der Waals surface area contributed by atoms with Crippen molar-refractivity contribution in [2.24, 2.45) is 9.98 Å². The van der Waals surface area contributed by atoms with Crippen LogP contribution in [0.25, 0.3) is 6.08 Å². The second-order valence-corrected chi connectivity index (χ2v) is 6.96. The predicted molar refractivity (Wildman–Crippen MR) is 93.1 cm³/mol. The molecule has 2 aromatic rings. The minimum absolute atomic E-state index is 0.153. The number of aromatic hydroxyl groups is 1. The van der Waals surface area contributed by atoms with Crippen LogP contribution in [0, 0.1) is 3.95 Å². The number of aromatic nitrogens is 1. The average Bonchev–Trinajstić information content (AvgIpc) is 3.06. The van der Waals surface area contributed by atoms with Crippen molar-refractivity contribution < 1.29 is 15.0 Å². The number of carboxylic acid groups (broad SMARTS) is 1. The summed E-state index contributed by atoms with van der Waals surface area (Å²) in [6.45, 7) is 1.89. The number of hydrogen-bond donors (Lipinski definition) is 2. The fraction of sp³-hybridized carbons (Fsp3) is 0.250. The van der Waals surface area contributed by atoms with Gasteiger partial charge >= 0.3 is 5.97 Å². The Labute approximate surface area is 146 Å². The second-order valence-electron chi connectivity index (χ2n) is 5.28. The molecule has 1 atom stereocenters. The van der Waals surface area contributed by atoms with E-state index in [4.69, 9.17) is 12.2 Å². The SMILES string of the molecule is CCC[C@H](C(=O)O)n1c(O)c(C=C2N=c3ccccc3=N2)sc1=S. The van der Waals surface area contributed by atoms with E-state index < -0.39 is 12.0 Å². The van der Waals surface area contributed by atoms with Crippen LogP contribution in [0.4, 0.5) is 0 Å². The number of para-hydroxylation sites is 2. The normalized spacial score (nSPS) is 13.8. The average molecular weight is 361 g/mol. The second kappa shape index (κ2) is 6.66. The summed E-state index contributed by atoms with van der Waals surface area (Å²) >= 11 is 6.39. The molecule has 0 unspecified atom stereocenters. The van der Waals surface area contributed by atoms with Crippen LogP contribution in [0.3, 0.4) is 0 Å². The van der Waals surface area contributed by atoms with Crippen LogP contribution in [0.15, 0.2) is 40.1 Å². The minimum Gasteiger partial charge on any atom is -0.493 e. The molecule has 0 aliphatic carbocycles. The highest BCUT2D eigenvalue weighted by molar-refractivity contribution is 7.73. The van der Waals surface area contributed by atoms with Crippen LogP contribution >= 0.6 is 23.6 Å². The first-order chi connectivity index (χ1) is 11.5. The lowest BCUT2D eigenvalue weighted by Crippen LogP contribution is -2.19. The number of carbonyl (C=O) groups is 1. The molecule has 0 amide bonds. The zero-order chi connectivity index (χ0) is 17.3. The van der Waals surface area contributed by atoms with E-state index >= 15 is 0 Å². The molecule has 0 radical (unpaired) electrons. The van der Waals surface area contributed by atoms with Gasteiger partial charge < -0.3 is 10.2 Å². The molecule has 1 aliphatic rings. The first-order valence-corrected chi connectivity index (χ1v) is 8.65. The summed E-state index contributed by atoms with van der Waals surface area (Å²) < 4.78 is 1.61. The Morgan fingerprint density at radius 2 is 2.00 bits per heavy atom. The van der Waals surface area contributed by atoms with Gasteiger partial charge in [0.25, 0.3) is 0 Å². The van der Waals surface area contributed by atoms with Gasteiger partial charge in [-0.2, -0.15) is 0 Å². The lowest BCUT2D eigenvalue weighted by molar-refractivity contribution is -0.141. The highest BCUT2D eigenvalue weighted by atomic mass is 32.1. The van der Waals surface area contributed by atoms with Crippen molar-refractivity contribution in [3.05, 3.63) is 49.6 Å². The monoisotopic (exact) mass is 361 g/mol. The minimum atomic E-state index is -1.01. The molecule has 2 heterocycles. The van der Waals surface area contributed by atoms with E-state index in [2.05, 4.69) is 9.98 Å². The molecule has 2 N–H and O–H groups in total. The van der Waals surface area contributed by atoms with E-state index in [-0.39, 0.29) is 5.88 Å². The van der Waals surface area contributed by atoms with Gasteiger partial charge in [0.2, 0.25) is 5.88 Å². The highest BCUT2D eigenvalue weighted by Crippen LogP contribution is 2.33. The van der Waals surface area contributed by atoms with Crippen molar-refractivity contribution in [2.45, 2.75) is 25.8 Å². The summed E-state index contributed by atoms with van der Waals surface area (Å²) in [6, 6.07) is 6.59. The molecule has 3 rings (SSSR count). The van der Waals surface area contributed by atoms with E-state index in [0.29, 0.717) is 27.5 Å². The molecule has 0 saturated carbocycles. The maximum atomic E-state index is 11.5. The van der Waals surface area contributed by atoms with Gasteiger partial charge in [-0.25, -0.2) is 14.8 Å². The van der Waals surface area contributed by atoms with Gasteiger partial charge in [0.1, 0.15) is 6.04 Å². The van der Waals surface area contributed by atoms with Crippen LogP contribution in [-0.4, -0.2) is 20.7 Å². The number of fused-ring (bicyclic) bond motifs is 1. The Balaban J connectivity index is 2.04. The van der Waals surface area contributed by atoms with Crippen molar-refractivity contribution in [1.29, 1.82) is 0 Å². The topological polar surface area (TPSA) is 87.2 Å². The molecule has 0 saturated heterocycles. The summed E-state index contributed by atoms with van der Waals surface area (Å²) in [7, 11) is 0. The fourth-order valence-electron chi connectivity index (χ4n) is 2.51. The Kier molecular flexibility index (Phi) is 4.59. The Hall–Kier alpha value is -2.32. The fourth-order valence-corrected chi connectivity index (χ4v) is 3.84. The molecule has 1 aliphatic heterocycles. The van der Waals surface area contributed by atoms with Crippen LogP contribution in [0.2, 0.25) is 0 Å². The number of thiazole rings is 1. The van der Waals surface area contributed by atoms with E-state index in [1.54, 1.807) is 6.08 Å². The third-order valence-electron chi connectivity index (χ3n) is 3.61. The van der Waals surface area contributed by atoms with Crippen molar-refractivity contribution in [3.63, 3.8) is 0 Å². The molecule has 8 heteroatoms. The Morgan fingerprint density at radius 3 is 2.54 bits per heavy atom. The van der Waals surface area contributed by atoms with Gasteiger partial charge in [-0.15, -0.1) is 11.3 Å². The highest BCUT2D eigenvalue weighted by Gasteiger charge is 2.24. The molecule has 0 fully saturated rings. The van der Waals surface area contributed by atoms with Crippen molar-refractivity contribution >= 4 is 35.6 Å². The molecule has 1 aromatic heterocycles. The first-order valence-electron chi connectivity index (χ1n) is 7.42. The summed E-state index contributed by atoms with van der Waals surface area (Å²) in [4.78, 5) is 20.7. The third kappa shape index (κ3) is 3.02. The van der Waals surface area contributed by atoms with Gasteiger partial charge in [-0.05, 0) is 30.8 Å². The predicted octanol–water partition coefficient (Wildman–Crippen LogP) is 2.66. The van der Waals surface area contributed by atoms with E-state index in [0.717, 1.165) is 22.1 Å². The van der Waals surface area contributed by atoms with E-state index in [9.17, 15) is 15.0 Å². The number of carboxylic acids is 1. The smallest absolute Gasteiger partial charge is 0.326 e. The van der Waals surface area contributed by atoms with Gasteiger partial charge in [-0.3, -0.25) is 4.57 Å². The molecule has 124 valence electrons. The van der Waals surface area contributed by atoms with Crippen LogP contribution in [0.5, 0.6) is 5.88 Å². The standard InChI is InChI=1S/C16H15N3O3S2/c1-2-5-11(15(21)22)19-14(20)12(24-16(19)23)8-13-17-9-6-3-4-7-10(9)18-13/h3-4,6-8,11,20H,2,5H2,1H3,(H,21,22)/t11-/m1/s1. The molecule has 24 heavy (non-hydrogen) atoms. The summed E-state index contributed by atoms with van der Waals surface area (Å²) in [6.07, 6.45) is 2.69. The Morgan fingerprint density at radius 1 is 1.38 bits per heavy atom. The zero-order valence-electron chi connectivity index (χ0n) is 12.8. The van der Waals surface area contributed by atoms with Crippen LogP contribution in [0.1, 0.15) is 30.7 Å². The number of benzene rings is 1. The molecular weight excluding hydrogens is 346 g/mol. The number of rotatable bonds is 5. The summed E-state index contributed by atoms with van der Waals surface area (Å²) in [5, 5.41) is 21.4.